The van der Waals surface area contributed by atoms with E-state index in [1.54, 1.807) is 4.90 Å². The van der Waals surface area contributed by atoms with Crippen molar-refractivity contribution in [3.05, 3.63) is 33.9 Å². The van der Waals surface area contributed by atoms with Crippen molar-refractivity contribution in [2.24, 2.45) is 0 Å². The van der Waals surface area contributed by atoms with Gasteiger partial charge in [0.1, 0.15) is 0 Å². The van der Waals surface area contributed by atoms with Crippen LogP contribution in [0.4, 0.5) is 5.69 Å². The molecule has 1 aromatic rings. The second kappa shape index (κ2) is 7.06. The molecule has 0 atom stereocenters. The summed E-state index contributed by atoms with van der Waals surface area (Å²) in [6.07, 6.45) is 2.10. The van der Waals surface area contributed by atoms with Crippen LogP contribution in [0.25, 0.3) is 0 Å². The van der Waals surface area contributed by atoms with Crippen LogP contribution in [0.2, 0.25) is 0 Å². The van der Waals surface area contributed by atoms with Crippen LogP contribution in [0.5, 0.6) is 5.75 Å². The van der Waals surface area contributed by atoms with Gasteiger partial charge >= 0.3 is 5.69 Å². The van der Waals surface area contributed by atoms with Gasteiger partial charge in [-0.05, 0) is 25.0 Å². The first-order chi connectivity index (χ1) is 11.9. The van der Waals surface area contributed by atoms with Crippen molar-refractivity contribution in [2.45, 2.75) is 18.9 Å². The van der Waals surface area contributed by atoms with Gasteiger partial charge in [0.25, 0.3) is 5.91 Å². The van der Waals surface area contributed by atoms with Crippen molar-refractivity contribution in [3.63, 3.8) is 0 Å². The first-order valence-corrected chi connectivity index (χ1v) is 8.22. The molecule has 2 amide bonds. The third-order valence-electron chi connectivity index (χ3n) is 4.39. The Bertz CT molecular complexity index is 696. The molecule has 3 rings (SSSR count). The maximum absolute atomic E-state index is 12.5. The monoisotopic (exact) mass is 348 g/mol. The van der Waals surface area contributed by atoms with E-state index in [1.165, 1.54) is 6.07 Å². The number of hydrogen-bond acceptors (Lipinski definition) is 6. The van der Waals surface area contributed by atoms with Gasteiger partial charge in [0.2, 0.25) is 5.91 Å². The molecule has 1 aliphatic heterocycles. The fraction of sp³-hybridized carbons (Fsp3) is 0.500. The minimum absolute atomic E-state index is 0.0163. The molecule has 2 aliphatic rings. The number of phenols is 1. The number of rotatable bonds is 5. The molecular formula is C16H20N4O5. The molecule has 1 saturated carbocycles. The van der Waals surface area contributed by atoms with Crippen LogP contribution >= 0.6 is 0 Å². The van der Waals surface area contributed by atoms with E-state index in [1.807, 2.05) is 4.90 Å². The van der Waals surface area contributed by atoms with Crippen molar-refractivity contribution < 1.29 is 19.6 Å². The van der Waals surface area contributed by atoms with Crippen LogP contribution in [-0.2, 0) is 4.79 Å². The van der Waals surface area contributed by atoms with Crippen LogP contribution < -0.4 is 5.32 Å². The van der Waals surface area contributed by atoms with Crippen LogP contribution in [-0.4, -0.2) is 70.4 Å². The highest BCUT2D eigenvalue weighted by Crippen LogP contribution is 2.27. The SMILES string of the molecule is O=C(CN1CCN(C(=O)c2ccc([N+](=O)[O-])c(O)c2)CC1)NC1CC1. The minimum atomic E-state index is -0.699. The summed E-state index contributed by atoms with van der Waals surface area (Å²) in [6, 6.07) is 3.93. The molecule has 2 N–H and O–H groups in total. The third kappa shape index (κ3) is 4.24. The largest absolute Gasteiger partial charge is 0.502 e. The molecule has 9 heteroatoms. The molecule has 0 bridgehead atoms. The quantitative estimate of drug-likeness (QED) is 0.585. The molecule has 0 spiro atoms. The topological polar surface area (TPSA) is 116 Å². The van der Waals surface area contributed by atoms with Crippen LogP contribution in [0.3, 0.4) is 0 Å². The number of nitrogens with one attached hydrogen (secondary N) is 1. The van der Waals surface area contributed by atoms with Crippen molar-refractivity contribution >= 4 is 17.5 Å². The first kappa shape index (κ1) is 17.2. The van der Waals surface area contributed by atoms with Gasteiger partial charge in [0.15, 0.2) is 5.75 Å². The minimum Gasteiger partial charge on any atom is -0.502 e. The number of nitrogens with zero attached hydrogens (tertiary/aromatic N) is 3. The number of phenolic OH excluding ortho intramolecular Hbond substituents is 1. The number of carbonyl (C=O) groups excluding carboxylic acids is 2. The highest BCUT2D eigenvalue weighted by molar-refractivity contribution is 5.95. The normalized spacial score (nSPS) is 18.0. The number of hydrogen-bond donors (Lipinski definition) is 2. The molecule has 0 aromatic heterocycles. The van der Waals surface area contributed by atoms with E-state index >= 15 is 0 Å². The number of nitro groups is 1. The van der Waals surface area contributed by atoms with E-state index in [2.05, 4.69) is 5.32 Å². The lowest BCUT2D eigenvalue weighted by atomic mass is 10.1. The molecule has 0 radical (unpaired) electrons. The van der Waals surface area contributed by atoms with Gasteiger partial charge in [-0.25, -0.2) is 0 Å². The predicted octanol–water partition coefficient (Wildman–Crippen LogP) is 0.337. The summed E-state index contributed by atoms with van der Waals surface area (Å²) in [5.41, 5.74) is -0.217. The van der Waals surface area contributed by atoms with Gasteiger partial charge in [0, 0.05) is 43.9 Å². The molecule has 9 nitrogen and oxygen atoms in total. The Hall–Kier alpha value is -2.68. The maximum atomic E-state index is 12.5. The molecule has 1 aliphatic carbocycles. The Kier molecular flexibility index (Phi) is 4.84. The maximum Gasteiger partial charge on any atom is 0.310 e. The zero-order chi connectivity index (χ0) is 18.0. The van der Waals surface area contributed by atoms with Crippen molar-refractivity contribution in [1.29, 1.82) is 0 Å². The molecule has 1 saturated heterocycles. The highest BCUT2D eigenvalue weighted by Gasteiger charge is 2.27. The molecule has 1 heterocycles. The summed E-state index contributed by atoms with van der Waals surface area (Å²) < 4.78 is 0. The zero-order valence-electron chi connectivity index (χ0n) is 13.7. The van der Waals surface area contributed by atoms with Gasteiger partial charge in [-0.2, -0.15) is 0 Å². The Labute approximate surface area is 144 Å². The lowest BCUT2D eigenvalue weighted by Crippen LogP contribution is -2.51. The zero-order valence-corrected chi connectivity index (χ0v) is 13.7. The van der Waals surface area contributed by atoms with E-state index in [0.717, 1.165) is 25.0 Å². The molecule has 0 unspecified atom stereocenters. The van der Waals surface area contributed by atoms with Crippen molar-refractivity contribution in [1.82, 2.24) is 15.1 Å². The summed E-state index contributed by atoms with van der Waals surface area (Å²) in [7, 11) is 0. The predicted molar refractivity (Wildman–Crippen MR) is 88.3 cm³/mol. The van der Waals surface area contributed by atoms with E-state index in [0.29, 0.717) is 38.8 Å². The Morgan fingerprint density at radius 3 is 2.48 bits per heavy atom. The highest BCUT2D eigenvalue weighted by atomic mass is 16.6. The summed E-state index contributed by atoms with van der Waals surface area (Å²) in [4.78, 5) is 37.9. The fourth-order valence-electron chi connectivity index (χ4n) is 2.81. The smallest absolute Gasteiger partial charge is 0.310 e. The van der Waals surface area contributed by atoms with Gasteiger partial charge in [0.05, 0.1) is 11.5 Å². The van der Waals surface area contributed by atoms with Crippen LogP contribution in [0.15, 0.2) is 18.2 Å². The number of piperazine rings is 1. The summed E-state index contributed by atoms with van der Waals surface area (Å²) >= 11 is 0. The molecule has 1 aromatic carbocycles. The van der Waals surface area contributed by atoms with Gasteiger partial charge < -0.3 is 15.3 Å². The molecule has 25 heavy (non-hydrogen) atoms. The third-order valence-corrected chi connectivity index (χ3v) is 4.39. The molecular weight excluding hydrogens is 328 g/mol. The Morgan fingerprint density at radius 1 is 1.24 bits per heavy atom. The van der Waals surface area contributed by atoms with E-state index < -0.39 is 16.4 Å². The first-order valence-electron chi connectivity index (χ1n) is 8.22. The van der Waals surface area contributed by atoms with E-state index in [4.69, 9.17) is 0 Å². The average Bonchev–Trinajstić information content (AvgIpc) is 3.38. The number of benzene rings is 1. The fourth-order valence-corrected chi connectivity index (χ4v) is 2.81. The van der Waals surface area contributed by atoms with E-state index in [9.17, 15) is 24.8 Å². The second-order valence-electron chi connectivity index (χ2n) is 6.37. The molecule has 134 valence electrons. The summed E-state index contributed by atoms with van der Waals surface area (Å²) in [5.74, 6) is -0.791. The lowest BCUT2D eigenvalue weighted by molar-refractivity contribution is -0.385. The standard InChI is InChI=1S/C16H20N4O5/c21-14-9-11(1-4-13(14)20(24)25)16(23)19-7-5-18(6-8-19)10-15(22)17-12-2-3-12/h1,4,9,12,21H,2-3,5-8,10H2,(H,17,22). The Balaban J connectivity index is 1.53. The summed E-state index contributed by atoms with van der Waals surface area (Å²) in [5, 5.41) is 23.3. The van der Waals surface area contributed by atoms with E-state index in [-0.39, 0.29) is 17.4 Å². The van der Waals surface area contributed by atoms with Gasteiger partial charge in [-0.15, -0.1) is 0 Å². The van der Waals surface area contributed by atoms with Crippen LogP contribution in [0, 0.1) is 10.1 Å². The lowest BCUT2D eigenvalue weighted by Gasteiger charge is -2.34. The number of amides is 2. The summed E-state index contributed by atoms with van der Waals surface area (Å²) in [6.45, 7) is 2.43. The number of carbonyl (C=O) groups is 2. The second-order valence-corrected chi connectivity index (χ2v) is 6.37. The van der Waals surface area contributed by atoms with Crippen LogP contribution in [0.1, 0.15) is 23.2 Å². The van der Waals surface area contributed by atoms with Gasteiger partial charge in [-0.1, -0.05) is 0 Å². The average molecular weight is 348 g/mol. The van der Waals surface area contributed by atoms with Crippen molar-refractivity contribution in [3.8, 4) is 5.75 Å². The number of nitro benzene ring substituents is 1. The van der Waals surface area contributed by atoms with Gasteiger partial charge in [-0.3, -0.25) is 24.6 Å². The molecule has 2 fully saturated rings. The van der Waals surface area contributed by atoms with Crippen molar-refractivity contribution in [2.75, 3.05) is 32.7 Å². The Morgan fingerprint density at radius 2 is 1.92 bits per heavy atom. The number of aromatic hydroxyl groups is 1.